The van der Waals surface area contributed by atoms with E-state index in [0.717, 1.165) is 11.6 Å². The van der Waals surface area contributed by atoms with E-state index >= 15 is 0 Å². The van der Waals surface area contributed by atoms with Crippen LogP contribution in [0.25, 0.3) is 0 Å². The van der Waals surface area contributed by atoms with Crippen molar-refractivity contribution in [3.63, 3.8) is 0 Å². The van der Waals surface area contributed by atoms with Gasteiger partial charge in [-0.25, -0.2) is 19.2 Å². The Morgan fingerprint density at radius 3 is 2.68 bits per heavy atom. The largest absolute Gasteiger partial charge is 0.394 e. The molecule has 1 aromatic carbocycles. The molecule has 130 valence electrons. The van der Waals surface area contributed by atoms with E-state index in [1.807, 2.05) is 12.4 Å². The Hall–Kier alpha value is -2.52. The number of rotatable bonds is 6. The molecule has 0 atom stereocenters. The van der Waals surface area contributed by atoms with Gasteiger partial charge in [0.05, 0.1) is 24.5 Å². The second kappa shape index (κ2) is 8.04. The molecular formula is C16H16BF2N3O3. The Morgan fingerprint density at radius 1 is 1.32 bits per heavy atom. The van der Waals surface area contributed by atoms with Crippen molar-refractivity contribution in [3.05, 3.63) is 46.7 Å². The van der Waals surface area contributed by atoms with Gasteiger partial charge in [-0.15, -0.1) is 0 Å². The zero-order valence-electron chi connectivity index (χ0n) is 13.7. The maximum absolute atomic E-state index is 14.4. The summed E-state index contributed by atoms with van der Waals surface area (Å²) in [6.07, 6.45) is 1.55. The number of amides is 1. The van der Waals surface area contributed by atoms with E-state index in [9.17, 15) is 13.6 Å². The molecule has 1 heterocycles. The number of anilines is 2. The Kier molecular flexibility index (Phi) is 6.05. The highest BCUT2D eigenvalue weighted by Gasteiger charge is 2.22. The number of carbonyl (C=O) groups excluding carboxylic acids is 1. The lowest BCUT2D eigenvalue weighted by Crippen LogP contribution is -2.28. The first-order chi connectivity index (χ1) is 11.8. The Balaban J connectivity index is 2.44. The summed E-state index contributed by atoms with van der Waals surface area (Å²) in [6, 6.07) is 2.78. The van der Waals surface area contributed by atoms with Crippen molar-refractivity contribution in [1.82, 2.24) is 10.5 Å². The number of pyridine rings is 1. The Bertz CT molecular complexity index is 803. The fraction of sp³-hybridized carbons (Fsp3) is 0.250. The van der Waals surface area contributed by atoms with Gasteiger partial charge in [-0.3, -0.25) is 9.63 Å². The van der Waals surface area contributed by atoms with Gasteiger partial charge < -0.3 is 10.4 Å². The van der Waals surface area contributed by atoms with E-state index in [-0.39, 0.29) is 24.6 Å². The molecule has 9 heteroatoms. The smallest absolute Gasteiger partial charge is 0.277 e. The van der Waals surface area contributed by atoms with Crippen molar-refractivity contribution in [2.75, 3.05) is 18.5 Å². The molecule has 0 aliphatic heterocycles. The molecule has 2 aromatic rings. The van der Waals surface area contributed by atoms with Crippen LogP contribution in [0, 0.1) is 25.5 Å². The lowest BCUT2D eigenvalue weighted by Gasteiger charge is -2.16. The van der Waals surface area contributed by atoms with Gasteiger partial charge in [0.2, 0.25) is 0 Å². The monoisotopic (exact) mass is 347 g/mol. The van der Waals surface area contributed by atoms with Gasteiger partial charge in [0, 0.05) is 6.20 Å². The van der Waals surface area contributed by atoms with E-state index in [1.165, 1.54) is 0 Å². The average Bonchev–Trinajstić information content (AvgIpc) is 2.57. The number of aryl methyl sites for hydroxylation is 2. The van der Waals surface area contributed by atoms with Crippen LogP contribution in [0.4, 0.5) is 20.3 Å². The average molecular weight is 347 g/mol. The number of carbonyl (C=O) groups is 1. The third-order valence-electron chi connectivity index (χ3n) is 3.30. The number of hydrogen-bond donors (Lipinski definition) is 3. The quantitative estimate of drug-likeness (QED) is 0.415. The highest BCUT2D eigenvalue weighted by atomic mass is 19.2. The van der Waals surface area contributed by atoms with Crippen LogP contribution in [-0.2, 0) is 4.84 Å². The van der Waals surface area contributed by atoms with Gasteiger partial charge in [0.1, 0.15) is 13.7 Å². The summed E-state index contributed by atoms with van der Waals surface area (Å²) in [5.41, 5.74) is 2.38. The van der Waals surface area contributed by atoms with Crippen molar-refractivity contribution in [2.45, 2.75) is 13.8 Å². The van der Waals surface area contributed by atoms with Gasteiger partial charge in [-0.2, -0.15) is 0 Å². The van der Waals surface area contributed by atoms with Crippen LogP contribution >= 0.6 is 0 Å². The lowest BCUT2D eigenvalue weighted by atomic mass is 9.92. The number of aliphatic hydroxyl groups is 1. The number of nitrogens with one attached hydrogen (secondary N) is 2. The van der Waals surface area contributed by atoms with Crippen LogP contribution in [0.15, 0.2) is 18.3 Å². The molecule has 0 spiro atoms. The minimum atomic E-state index is -1.31. The minimum absolute atomic E-state index is 0.160. The first kappa shape index (κ1) is 18.8. The van der Waals surface area contributed by atoms with E-state index in [1.54, 1.807) is 19.2 Å². The highest BCUT2D eigenvalue weighted by molar-refractivity contribution is 6.33. The van der Waals surface area contributed by atoms with Gasteiger partial charge >= 0.3 is 0 Å². The van der Waals surface area contributed by atoms with Gasteiger partial charge in [-0.1, -0.05) is 17.6 Å². The lowest BCUT2D eigenvalue weighted by molar-refractivity contribution is 0.0169. The van der Waals surface area contributed by atoms with E-state index in [4.69, 9.17) is 17.8 Å². The number of aromatic nitrogens is 1. The van der Waals surface area contributed by atoms with Gasteiger partial charge in [0.15, 0.2) is 11.6 Å². The molecule has 1 aromatic heterocycles. The molecule has 2 rings (SSSR count). The molecular weight excluding hydrogens is 331 g/mol. The fourth-order valence-corrected chi connectivity index (χ4v) is 2.13. The van der Waals surface area contributed by atoms with Crippen LogP contribution in [-0.4, -0.2) is 37.1 Å². The zero-order valence-corrected chi connectivity index (χ0v) is 13.7. The van der Waals surface area contributed by atoms with Gasteiger partial charge in [0.25, 0.3) is 5.91 Å². The van der Waals surface area contributed by atoms with E-state index in [0.29, 0.717) is 5.56 Å². The molecule has 2 radical (unpaired) electrons. The molecule has 0 saturated carbocycles. The van der Waals surface area contributed by atoms with Crippen molar-refractivity contribution >= 4 is 30.7 Å². The third-order valence-corrected chi connectivity index (χ3v) is 3.30. The molecule has 3 N–H and O–H groups in total. The molecule has 0 fully saturated rings. The van der Waals surface area contributed by atoms with Crippen LogP contribution in [0.2, 0.25) is 0 Å². The second-order valence-electron chi connectivity index (χ2n) is 5.32. The standard InChI is InChI=1S/C16H16BF2N3O3/c1-8-5-9(2)15(20-7-8)21-14-10(16(24)22-25-4-3-23)6-11(17)12(18)13(14)19/h5-7,23H,3-4H2,1-2H3,(H,20,21)(H,22,24). The third kappa shape index (κ3) is 4.31. The van der Waals surface area contributed by atoms with Crippen molar-refractivity contribution in [1.29, 1.82) is 0 Å². The topological polar surface area (TPSA) is 83.5 Å². The van der Waals surface area contributed by atoms with Crippen LogP contribution in [0.3, 0.4) is 0 Å². The van der Waals surface area contributed by atoms with Crippen molar-refractivity contribution in [2.24, 2.45) is 0 Å². The predicted molar refractivity (Wildman–Crippen MR) is 89.2 cm³/mol. The summed E-state index contributed by atoms with van der Waals surface area (Å²) in [5, 5.41) is 11.3. The van der Waals surface area contributed by atoms with Crippen LogP contribution in [0.5, 0.6) is 0 Å². The molecule has 0 saturated heterocycles. The first-order valence-electron chi connectivity index (χ1n) is 7.35. The molecule has 25 heavy (non-hydrogen) atoms. The fourth-order valence-electron chi connectivity index (χ4n) is 2.13. The zero-order chi connectivity index (χ0) is 18.6. The van der Waals surface area contributed by atoms with Crippen molar-refractivity contribution < 1.29 is 23.5 Å². The molecule has 0 unspecified atom stereocenters. The molecule has 1 amide bonds. The number of halogens is 2. The number of aliphatic hydroxyl groups excluding tert-OH is 1. The molecule has 0 aliphatic carbocycles. The van der Waals surface area contributed by atoms with Crippen molar-refractivity contribution in [3.8, 4) is 0 Å². The van der Waals surface area contributed by atoms with E-state index in [2.05, 4.69) is 10.3 Å². The number of benzene rings is 1. The summed E-state index contributed by atoms with van der Waals surface area (Å²) >= 11 is 0. The Labute approximate surface area is 144 Å². The number of hydrogen-bond acceptors (Lipinski definition) is 5. The van der Waals surface area contributed by atoms with E-state index < -0.39 is 28.7 Å². The summed E-state index contributed by atoms with van der Waals surface area (Å²) in [7, 11) is 5.41. The van der Waals surface area contributed by atoms with Gasteiger partial charge in [-0.05, 0) is 25.0 Å². The molecule has 0 bridgehead atoms. The number of nitrogens with zero attached hydrogens (tertiary/aromatic N) is 1. The maximum Gasteiger partial charge on any atom is 0.277 e. The van der Waals surface area contributed by atoms with Crippen LogP contribution < -0.4 is 16.3 Å². The molecule has 6 nitrogen and oxygen atoms in total. The SMILES string of the molecule is [B]c1cc(C(=O)NOCCO)c(Nc2ncc(C)cc2C)c(F)c1F. The van der Waals surface area contributed by atoms with Crippen LogP contribution in [0.1, 0.15) is 21.5 Å². The summed E-state index contributed by atoms with van der Waals surface area (Å²) < 4.78 is 28.2. The molecule has 0 aliphatic rings. The second-order valence-corrected chi connectivity index (χ2v) is 5.32. The normalized spacial score (nSPS) is 10.6. The Morgan fingerprint density at radius 2 is 2.04 bits per heavy atom. The highest BCUT2D eigenvalue weighted by Crippen LogP contribution is 2.26. The summed E-state index contributed by atoms with van der Waals surface area (Å²) in [6.45, 7) is 3.09. The summed E-state index contributed by atoms with van der Waals surface area (Å²) in [5.74, 6) is -3.18. The number of hydroxylamine groups is 1. The maximum atomic E-state index is 14.4. The predicted octanol–water partition coefficient (Wildman–Crippen LogP) is 1.17. The minimum Gasteiger partial charge on any atom is -0.394 e. The first-order valence-corrected chi connectivity index (χ1v) is 7.35. The summed E-state index contributed by atoms with van der Waals surface area (Å²) in [4.78, 5) is 21.0.